The SMILES string of the molecule is Cc1ncnc(N(CCCN)C2CC2)c1C. The van der Waals surface area contributed by atoms with Crippen molar-refractivity contribution in [2.24, 2.45) is 5.73 Å². The Bertz CT molecular complexity index is 360. The molecule has 1 aliphatic carbocycles. The summed E-state index contributed by atoms with van der Waals surface area (Å²) in [5.41, 5.74) is 7.86. The van der Waals surface area contributed by atoms with Gasteiger partial charge in [0.2, 0.25) is 0 Å². The first kappa shape index (κ1) is 11.3. The molecule has 0 spiro atoms. The van der Waals surface area contributed by atoms with Gasteiger partial charge in [-0.2, -0.15) is 0 Å². The van der Waals surface area contributed by atoms with E-state index in [4.69, 9.17) is 5.73 Å². The Morgan fingerprint density at radius 1 is 1.38 bits per heavy atom. The Balaban J connectivity index is 2.20. The van der Waals surface area contributed by atoms with Gasteiger partial charge in [0.15, 0.2) is 0 Å². The molecule has 0 radical (unpaired) electrons. The summed E-state index contributed by atoms with van der Waals surface area (Å²) in [6.45, 7) is 5.89. The van der Waals surface area contributed by atoms with E-state index in [1.807, 2.05) is 6.92 Å². The van der Waals surface area contributed by atoms with E-state index < -0.39 is 0 Å². The molecule has 16 heavy (non-hydrogen) atoms. The number of anilines is 1. The third kappa shape index (κ3) is 2.32. The van der Waals surface area contributed by atoms with Crippen molar-refractivity contribution < 1.29 is 0 Å². The molecule has 1 fully saturated rings. The van der Waals surface area contributed by atoms with Crippen LogP contribution < -0.4 is 10.6 Å². The fourth-order valence-corrected chi connectivity index (χ4v) is 1.92. The van der Waals surface area contributed by atoms with Crippen molar-refractivity contribution in [3.05, 3.63) is 17.6 Å². The van der Waals surface area contributed by atoms with Crippen molar-refractivity contribution in [3.8, 4) is 0 Å². The van der Waals surface area contributed by atoms with Gasteiger partial charge >= 0.3 is 0 Å². The number of hydrogen-bond donors (Lipinski definition) is 1. The van der Waals surface area contributed by atoms with Gasteiger partial charge in [0, 0.05) is 23.8 Å². The van der Waals surface area contributed by atoms with E-state index in [9.17, 15) is 0 Å². The lowest BCUT2D eigenvalue weighted by atomic mass is 10.2. The average molecular weight is 220 g/mol. The molecule has 1 heterocycles. The second-order valence-electron chi connectivity index (χ2n) is 4.47. The molecular weight excluding hydrogens is 200 g/mol. The van der Waals surface area contributed by atoms with Crippen LogP contribution in [0.2, 0.25) is 0 Å². The van der Waals surface area contributed by atoms with Crippen molar-refractivity contribution in [1.29, 1.82) is 0 Å². The normalized spacial score (nSPS) is 15.2. The highest BCUT2D eigenvalue weighted by Gasteiger charge is 2.30. The van der Waals surface area contributed by atoms with Gasteiger partial charge in [-0.05, 0) is 39.7 Å². The molecule has 2 N–H and O–H groups in total. The van der Waals surface area contributed by atoms with E-state index in [0.29, 0.717) is 6.04 Å². The Labute approximate surface area is 96.9 Å². The molecule has 1 aromatic heterocycles. The molecule has 0 bridgehead atoms. The summed E-state index contributed by atoms with van der Waals surface area (Å²) >= 11 is 0. The predicted octanol–water partition coefficient (Wildman–Crippen LogP) is 1.41. The molecule has 1 aliphatic rings. The maximum Gasteiger partial charge on any atom is 0.135 e. The molecule has 1 saturated carbocycles. The van der Waals surface area contributed by atoms with Crippen LogP contribution in [0.3, 0.4) is 0 Å². The Kier molecular flexibility index (Phi) is 3.39. The van der Waals surface area contributed by atoms with E-state index in [1.54, 1.807) is 6.33 Å². The van der Waals surface area contributed by atoms with E-state index in [-0.39, 0.29) is 0 Å². The zero-order chi connectivity index (χ0) is 11.5. The van der Waals surface area contributed by atoms with Crippen LogP contribution in [-0.2, 0) is 0 Å². The lowest BCUT2D eigenvalue weighted by molar-refractivity contribution is 0.717. The number of nitrogens with zero attached hydrogens (tertiary/aromatic N) is 3. The predicted molar refractivity (Wildman–Crippen MR) is 65.5 cm³/mol. The van der Waals surface area contributed by atoms with E-state index in [0.717, 1.165) is 31.0 Å². The number of aromatic nitrogens is 2. The van der Waals surface area contributed by atoms with Crippen LogP contribution in [-0.4, -0.2) is 29.1 Å². The summed E-state index contributed by atoms with van der Waals surface area (Å²) in [5.74, 6) is 1.10. The third-order valence-electron chi connectivity index (χ3n) is 3.17. The zero-order valence-electron chi connectivity index (χ0n) is 10.1. The minimum Gasteiger partial charge on any atom is -0.353 e. The van der Waals surface area contributed by atoms with Crippen molar-refractivity contribution in [3.63, 3.8) is 0 Å². The van der Waals surface area contributed by atoms with E-state index in [2.05, 4.69) is 21.8 Å². The van der Waals surface area contributed by atoms with Gasteiger partial charge in [0.1, 0.15) is 12.1 Å². The van der Waals surface area contributed by atoms with Gasteiger partial charge in [-0.3, -0.25) is 0 Å². The molecule has 0 saturated heterocycles. The Hall–Kier alpha value is -1.16. The molecule has 1 aromatic rings. The summed E-state index contributed by atoms with van der Waals surface area (Å²) in [7, 11) is 0. The minimum atomic E-state index is 0.680. The summed E-state index contributed by atoms with van der Waals surface area (Å²) in [4.78, 5) is 11.0. The van der Waals surface area contributed by atoms with Gasteiger partial charge in [0.05, 0.1) is 0 Å². The second kappa shape index (κ2) is 4.78. The largest absolute Gasteiger partial charge is 0.353 e. The quantitative estimate of drug-likeness (QED) is 0.815. The highest BCUT2D eigenvalue weighted by Crippen LogP contribution is 2.32. The molecule has 88 valence electrons. The molecule has 2 rings (SSSR count). The fraction of sp³-hybridized carbons (Fsp3) is 0.667. The number of aryl methyl sites for hydroxylation is 1. The summed E-state index contributed by atoms with van der Waals surface area (Å²) < 4.78 is 0. The van der Waals surface area contributed by atoms with Crippen molar-refractivity contribution in [1.82, 2.24) is 9.97 Å². The monoisotopic (exact) mass is 220 g/mol. The maximum atomic E-state index is 5.58. The minimum absolute atomic E-state index is 0.680. The molecule has 0 unspecified atom stereocenters. The smallest absolute Gasteiger partial charge is 0.135 e. The molecule has 0 aromatic carbocycles. The third-order valence-corrected chi connectivity index (χ3v) is 3.17. The Morgan fingerprint density at radius 2 is 2.12 bits per heavy atom. The summed E-state index contributed by atoms with van der Waals surface area (Å²) in [5, 5.41) is 0. The first-order valence-corrected chi connectivity index (χ1v) is 5.99. The van der Waals surface area contributed by atoms with Gasteiger partial charge < -0.3 is 10.6 Å². The van der Waals surface area contributed by atoms with Crippen LogP contribution in [0.1, 0.15) is 30.5 Å². The first-order chi connectivity index (χ1) is 7.74. The lowest BCUT2D eigenvalue weighted by Crippen LogP contribution is -2.30. The topological polar surface area (TPSA) is 55.0 Å². The number of rotatable bonds is 5. The van der Waals surface area contributed by atoms with Crippen LogP contribution in [0.4, 0.5) is 5.82 Å². The fourth-order valence-electron chi connectivity index (χ4n) is 1.92. The van der Waals surface area contributed by atoms with Crippen molar-refractivity contribution in [2.45, 2.75) is 39.2 Å². The summed E-state index contributed by atoms with van der Waals surface area (Å²) in [6.07, 6.45) is 5.26. The molecule has 4 nitrogen and oxygen atoms in total. The molecule has 0 aliphatic heterocycles. The molecule has 0 atom stereocenters. The van der Waals surface area contributed by atoms with Crippen LogP contribution in [0, 0.1) is 13.8 Å². The highest BCUT2D eigenvalue weighted by atomic mass is 15.2. The number of nitrogens with two attached hydrogens (primary N) is 1. The van der Waals surface area contributed by atoms with E-state index >= 15 is 0 Å². The summed E-state index contributed by atoms with van der Waals surface area (Å²) in [6, 6.07) is 0.680. The average Bonchev–Trinajstić information content (AvgIpc) is 3.08. The lowest BCUT2D eigenvalue weighted by Gasteiger charge is -2.25. The molecule has 0 amide bonds. The van der Waals surface area contributed by atoms with E-state index in [1.165, 1.54) is 18.4 Å². The van der Waals surface area contributed by atoms with Gasteiger partial charge in [-0.25, -0.2) is 9.97 Å². The van der Waals surface area contributed by atoms with Crippen LogP contribution in [0.5, 0.6) is 0 Å². The van der Waals surface area contributed by atoms with Crippen LogP contribution >= 0.6 is 0 Å². The second-order valence-corrected chi connectivity index (χ2v) is 4.47. The van der Waals surface area contributed by atoms with Crippen molar-refractivity contribution >= 4 is 5.82 Å². The van der Waals surface area contributed by atoms with Gasteiger partial charge in [0.25, 0.3) is 0 Å². The Morgan fingerprint density at radius 3 is 2.75 bits per heavy atom. The van der Waals surface area contributed by atoms with Crippen LogP contribution in [0.15, 0.2) is 6.33 Å². The van der Waals surface area contributed by atoms with Gasteiger partial charge in [-0.15, -0.1) is 0 Å². The molecule has 4 heteroatoms. The maximum absolute atomic E-state index is 5.58. The zero-order valence-corrected chi connectivity index (χ0v) is 10.1. The molecular formula is C12H20N4. The standard InChI is InChI=1S/C12H20N4/c1-9-10(2)14-8-15-12(9)16(7-3-6-13)11-4-5-11/h8,11H,3-7,13H2,1-2H3. The van der Waals surface area contributed by atoms with Gasteiger partial charge in [-0.1, -0.05) is 0 Å². The van der Waals surface area contributed by atoms with Crippen molar-refractivity contribution in [2.75, 3.05) is 18.0 Å². The van der Waals surface area contributed by atoms with Crippen LogP contribution in [0.25, 0.3) is 0 Å². The highest BCUT2D eigenvalue weighted by molar-refractivity contribution is 5.49. The number of hydrogen-bond acceptors (Lipinski definition) is 4. The first-order valence-electron chi connectivity index (χ1n) is 5.99.